The first-order valence-electron chi connectivity index (χ1n) is 9.22. The van der Waals surface area contributed by atoms with Gasteiger partial charge in [0.05, 0.1) is 5.52 Å². The molecular weight excluding hydrogens is 360 g/mol. The largest absolute Gasteiger partial charge is 0.382 e. The van der Waals surface area contributed by atoms with E-state index in [0.29, 0.717) is 16.8 Å². The minimum absolute atomic E-state index is 0.0935. The number of fused-ring (bicyclic) bond motifs is 1. The molecule has 5 nitrogen and oxygen atoms in total. The van der Waals surface area contributed by atoms with Gasteiger partial charge in [-0.25, -0.2) is 0 Å². The number of hydrogen-bond donors (Lipinski definition) is 2. The molecule has 1 aliphatic carbocycles. The molecule has 0 saturated heterocycles. The van der Waals surface area contributed by atoms with E-state index in [4.69, 9.17) is 11.6 Å². The van der Waals surface area contributed by atoms with E-state index in [9.17, 15) is 4.79 Å². The zero-order valence-corrected chi connectivity index (χ0v) is 15.6. The second kappa shape index (κ2) is 7.92. The molecule has 0 bridgehead atoms. The number of aromatic nitrogens is 2. The van der Waals surface area contributed by atoms with Gasteiger partial charge in [-0.2, -0.15) is 0 Å². The van der Waals surface area contributed by atoms with Crippen molar-refractivity contribution < 1.29 is 4.79 Å². The van der Waals surface area contributed by atoms with Gasteiger partial charge in [0, 0.05) is 40.6 Å². The fourth-order valence-corrected chi connectivity index (χ4v) is 3.77. The van der Waals surface area contributed by atoms with E-state index in [-0.39, 0.29) is 11.9 Å². The summed E-state index contributed by atoms with van der Waals surface area (Å²) in [5, 5.41) is 8.51. The normalized spacial score (nSPS) is 19.6. The fourth-order valence-electron chi connectivity index (χ4n) is 3.61. The lowest BCUT2D eigenvalue weighted by Gasteiger charge is -2.30. The first-order chi connectivity index (χ1) is 13.2. The van der Waals surface area contributed by atoms with Crippen molar-refractivity contribution in [3.63, 3.8) is 0 Å². The molecule has 1 aliphatic rings. The Morgan fingerprint density at radius 3 is 2.56 bits per heavy atom. The quantitative estimate of drug-likeness (QED) is 0.702. The average molecular weight is 381 g/mol. The molecule has 1 saturated carbocycles. The van der Waals surface area contributed by atoms with Crippen LogP contribution < -0.4 is 10.6 Å². The summed E-state index contributed by atoms with van der Waals surface area (Å²) >= 11 is 6.07. The van der Waals surface area contributed by atoms with E-state index >= 15 is 0 Å². The minimum Gasteiger partial charge on any atom is -0.382 e. The van der Waals surface area contributed by atoms with E-state index in [1.165, 1.54) is 0 Å². The fraction of sp³-hybridized carbons (Fsp3) is 0.286. The summed E-state index contributed by atoms with van der Waals surface area (Å²) in [5.74, 6) is -0.0935. The molecule has 2 aromatic heterocycles. The van der Waals surface area contributed by atoms with Crippen LogP contribution in [0.15, 0.2) is 54.9 Å². The number of rotatable bonds is 4. The zero-order valence-electron chi connectivity index (χ0n) is 14.9. The molecule has 0 spiro atoms. The Kier molecular flexibility index (Phi) is 5.21. The molecule has 0 radical (unpaired) electrons. The van der Waals surface area contributed by atoms with Gasteiger partial charge in [0.15, 0.2) is 0 Å². The van der Waals surface area contributed by atoms with Crippen molar-refractivity contribution in [3.8, 4) is 0 Å². The van der Waals surface area contributed by atoms with Gasteiger partial charge in [-0.1, -0.05) is 17.7 Å². The highest BCUT2D eigenvalue weighted by molar-refractivity contribution is 6.31. The van der Waals surface area contributed by atoms with Crippen molar-refractivity contribution in [2.24, 2.45) is 0 Å². The summed E-state index contributed by atoms with van der Waals surface area (Å²) in [6, 6.07) is 13.7. The average Bonchev–Trinajstić information content (AvgIpc) is 2.70. The minimum atomic E-state index is -0.0935. The number of nitrogens with zero attached hydrogens (tertiary/aromatic N) is 2. The maximum Gasteiger partial charge on any atom is 0.270 e. The van der Waals surface area contributed by atoms with Gasteiger partial charge >= 0.3 is 0 Å². The second-order valence-electron chi connectivity index (χ2n) is 6.90. The topological polar surface area (TPSA) is 66.9 Å². The Morgan fingerprint density at radius 1 is 0.963 bits per heavy atom. The van der Waals surface area contributed by atoms with Crippen molar-refractivity contribution in [2.75, 3.05) is 5.32 Å². The highest BCUT2D eigenvalue weighted by Gasteiger charge is 2.23. The monoisotopic (exact) mass is 380 g/mol. The predicted octanol–water partition coefficient (Wildman–Crippen LogP) is 4.44. The van der Waals surface area contributed by atoms with Crippen LogP contribution in [0.5, 0.6) is 0 Å². The van der Waals surface area contributed by atoms with Crippen LogP contribution in [-0.2, 0) is 0 Å². The molecule has 0 aliphatic heterocycles. The number of benzene rings is 1. The van der Waals surface area contributed by atoms with Gasteiger partial charge in [0.2, 0.25) is 0 Å². The van der Waals surface area contributed by atoms with Gasteiger partial charge in [0.25, 0.3) is 5.91 Å². The molecule has 2 heterocycles. The summed E-state index contributed by atoms with van der Waals surface area (Å²) in [7, 11) is 0. The van der Waals surface area contributed by atoms with E-state index in [2.05, 4.69) is 20.6 Å². The van der Waals surface area contributed by atoms with Crippen LogP contribution in [0.25, 0.3) is 10.9 Å². The summed E-state index contributed by atoms with van der Waals surface area (Å²) in [4.78, 5) is 20.8. The van der Waals surface area contributed by atoms with E-state index in [0.717, 1.165) is 42.3 Å². The molecule has 0 unspecified atom stereocenters. The Morgan fingerprint density at radius 2 is 1.78 bits per heavy atom. The maximum atomic E-state index is 12.3. The third kappa shape index (κ3) is 4.19. The SMILES string of the molecule is O=C(N[C@H]1CC[C@@H](Nc2ccnc3cc(Cl)ccc23)CC1)c1ccccn1. The standard InChI is InChI=1S/C21H21ClN4O/c22-14-4-9-17-18(10-12-24-20(17)13-14)25-15-5-7-16(8-6-15)26-21(27)19-3-1-2-11-23-19/h1-4,9-13,15-16H,5-8H2,(H,24,25)(H,26,27)/t15-,16+. The number of hydrogen-bond acceptors (Lipinski definition) is 4. The smallest absolute Gasteiger partial charge is 0.270 e. The summed E-state index contributed by atoms with van der Waals surface area (Å²) in [6.45, 7) is 0. The van der Waals surface area contributed by atoms with Crippen LogP contribution in [0.1, 0.15) is 36.2 Å². The van der Waals surface area contributed by atoms with E-state index < -0.39 is 0 Å². The summed E-state index contributed by atoms with van der Waals surface area (Å²) in [5.41, 5.74) is 2.45. The lowest BCUT2D eigenvalue weighted by Crippen LogP contribution is -2.40. The molecule has 1 aromatic carbocycles. The van der Waals surface area contributed by atoms with Crippen molar-refractivity contribution in [3.05, 3.63) is 65.6 Å². The number of halogens is 1. The highest BCUT2D eigenvalue weighted by Crippen LogP contribution is 2.28. The van der Waals surface area contributed by atoms with Gasteiger partial charge in [0.1, 0.15) is 5.69 Å². The lowest BCUT2D eigenvalue weighted by atomic mass is 9.90. The van der Waals surface area contributed by atoms with Crippen LogP contribution in [0.2, 0.25) is 5.02 Å². The van der Waals surface area contributed by atoms with Crippen LogP contribution >= 0.6 is 11.6 Å². The molecule has 138 valence electrons. The molecule has 6 heteroatoms. The maximum absolute atomic E-state index is 12.3. The van der Waals surface area contributed by atoms with Crippen LogP contribution in [0, 0.1) is 0 Å². The molecule has 1 amide bonds. The van der Waals surface area contributed by atoms with Crippen LogP contribution in [0.4, 0.5) is 5.69 Å². The van der Waals surface area contributed by atoms with Crippen molar-refractivity contribution in [1.29, 1.82) is 0 Å². The third-order valence-electron chi connectivity index (χ3n) is 5.02. The number of pyridine rings is 2. The molecular formula is C21H21ClN4O. The third-order valence-corrected chi connectivity index (χ3v) is 5.26. The number of carbonyl (C=O) groups excluding carboxylic acids is 1. The lowest BCUT2D eigenvalue weighted by molar-refractivity contribution is 0.0921. The van der Waals surface area contributed by atoms with Gasteiger partial charge in [-0.15, -0.1) is 0 Å². The van der Waals surface area contributed by atoms with E-state index in [1.807, 2.05) is 36.4 Å². The Bertz CT molecular complexity index is 939. The number of amides is 1. The van der Waals surface area contributed by atoms with Crippen LogP contribution in [-0.4, -0.2) is 28.0 Å². The highest BCUT2D eigenvalue weighted by atomic mass is 35.5. The number of carbonyl (C=O) groups is 1. The van der Waals surface area contributed by atoms with Crippen LogP contribution in [0.3, 0.4) is 0 Å². The molecule has 3 aromatic rings. The zero-order chi connectivity index (χ0) is 18.6. The molecule has 0 atom stereocenters. The second-order valence-corrected chi connectivity index (χ2v) is 7.34. The van der Waals surface area contributed by atoms with E-state index in [1.54, 1.807) is 18.5 Å². The Hall–Kier alpha value is -2.66. The predicted molar refractivity (Wildman–Crippen MR) is 108 cm³/mol. The van der Waals surface area contributed by atoms with Gasteiger partial charge in [-0.05, 0) is 62.1 Å². The first kappa shape index (κ1) is 17.7. The van der Waals surface area contributed by atoms with Crippen molar-refractivity contribution in [1.82, 2.24) is 15.3 Å². The Balaban J connectivity index is 1.35. The molecule has 1 fully saturated rings. The molecule has 2 N–H and O–H groups in total. The van der Waals surface area contributed by atoms with Crippen molar-refractivity contribution in [2.45, 2.75) is 37.8 Å². The summed E-state index contributed by atoms with van der Waals surface area (Å²) < 4.78 is 0. The summed E-state index contributed by atoms with van der Waals surface area (Å²) in [6.07, 6.45) is 7.35. The first-order valence-corrected chi connectivity index (χ1v) is 9.59. The number of anilines is 1. The molecule has 4 rings (SSSR count). The van der Waals surface area contributed by atoms with Gasteiger partial charge in [-0.3, -0.25) is 14.8 Å². The number of nitrogens with one attached hydrogen (secondary N) is 2. The molecule has 27 heavy (non-hydrogen) atoms. The Labute approximate surface area is 163 Å². The van der Waals surface area contributed by atoms with Gasteiger partial charge < -0.3 is 10.6 Å². The van der Waals surface area contributed by atoms with Crippen molar-refractivity contribution >= 4 is 34.1 Å².